The Morgan fingerprint density at radius 3 is 2.33 bits per heavy atom. The molecule has 0 saturated carbocycles. The summed E-state index contributed by atoms with van der Waals surface area (Å²) in [5.74, 6) is 4.20. The van der Waals surface area contributed by atoms with E-state index in [9.17, 15) is 8.78 Å². The molecule has 0 fully saturated rings. The molecule has 1 aromatic heterocycles. The number of aromatic nitrogens is 2. The van der Waals surface area contributed by atoms with Gasteiger partial charge < -0.3 is 0 Å². The largest absolute Gasteiger partial charge is 0.271 e. The topological polar surface area (TPSA) is 63.8 Å². The number of nitrogens with two attached hydrogens (primary N) is 1. The van der Waals surface area contributed by atoms with Crippen LogP contribution in [0.1, 0.15) is 17.2 Å². The molecule has 0 aliphatic heterocycles. The molecular formula is C15H12F2N4. The maximum atomic E-state index is 14.0. The number of para-hydroxylation sites is 1. The zero-order valence-electron chi connectivity index (χ0n) is 10.9. The first-order valence-corrected chi connectivity index (χ1v) is 6.32. The molecule has 6 heteroatoms. The van der Waals surface area contributed by atoms with Crippen molar-refractivity contribution in [3.63, 3.8) is 0 Å². The van der Waals surface area contributed by atoms with Crippen LogP contribution in [0, 0.1) is 11.6 Å². The van der Waals surface area contributed by atoms with Crippen LogP contribution < -0.4 is 11.3 Å². The van der Waals surface area contributed by atoms with Crippen molar-refractivity contribution >= 4 is 11.0 Å². The Balaban J connectivity index is 2.24. The van der Waals surface area contributed by atoms with Crippen molar-refractivity contribution in [1.29, 1.82) is 0 Å². The Labute approximate surface area is 119 Å². The van der Waals surface area contributed by atoms with Gasteiger partial charge in [0.25, 0.3) is 0 Å². The van der Waals surface area contributed by atoms with E-state index < -0.39 is 17.7 Å². The molecule has 0 saturated heterocycles. The van der Waals surface area contributed by atoms with Crippen LogP contribution in [0.25, 0.3) is 11.0 Å². The van der Waals surface area contributed by atoms with Gasteiger partial charge in [0.15, 0.2) is 0 Å². The van der Waals surface area contributed by atoms with E-state index >= 15 is 0 Å². The molecule has 0 aliphatic carbocycles. The summed E-state index contributed by atoms with van der Waals surface area (Å²) >= 11 is 0. The highest BCUT2D eigenvalue weighted by atomic mass is 19.1. The number of fused-ring (bicyclic) bond motifs is 1. The van der Waals surface area contributed by atoms with Gasteiger partial charge in [-0.3, -0.25) is 15.8 Å². The standard InChI is InChI=1S/C15H12F2N4/c16-10-4-2-5-11(17)13(10)15(21-18)9-3-1-6-12-14(9)20-8-7-19-12/h1-8,15,21H,18H2. The van der Waals surface area contributed by atoms with E-state index in [-0.39, 0.29) is 5.56 Å². The molecule has 0 amide bonds. The van der Waals surface area contributed by atoms with E-state index in [1.807, 2.05) is 0 Å². The van der Waals surface area contributed by atoms with E-state index in [4.69, 9.17) is 5.84 Å². The monoisotopic (exact) mass is 286 g/mol. The van der Waals surface area contributed by atoms with Crippen LogP contribution in [-0.2, 0) is 0 Å². The van der Waals surface area contributed by atoms with E-state index in [2.05, 4.69) is 15.4 Å². The van der Waals surface area contributed by atoms with Gasteiger partial charge in [0.05, 0.1) is 17.1 Å². The highest BCUT2D eigenvalue weighted by Crippen LogP contribution is 2.29. The quantitative estimate of drug-likeness (QED) is 0.573. The van der Waals surface area contributed by atoms with Crippen molar-refractivity contribution in [2.24, 2.45) is 5.84 Å². The molecule has 21 heavy (non-hydrogen) atoms. The lowest BCUT2D eigenvalue weighted by Gasteiger charge is -2.19. The molecule has 0 bridgehead atoms. The molecule has 4 nitrogen and oxygen atoms in total. The summed E-state index contributed by atoms with van der Waals surface area (Å²) in [5, 5.41) is 0. The highest BCUT2D eigenvalue weighted by Gasteiger charge is 2.23. The van der Waals surface area contributed by atoms with Crippen LogP contribution in [0.4, 0.5) is 8.78 Å². The predicted molar refractivity (Wildman–Crippen MR) is 75.1 cm³/mol. The lowest BCUT2D eigenvalue weighted by Crippen LogP contribution is -2.30. The van der Waals surface area contributed by atoms with Gasteiger partial charge in [-0.05, 0) is 18.2 Å². The summed E-state index contributed by atoms with van der Waals surface area (Å²) in [6, 6.07) is 8.08. The van der Waals surface area contributed by atoms with Gasteiger partial charge in [0.1, 0.15) is 11.6 Å². The molecule has 106 valence electrons. The third kappa shape index (κ3) is 2.35. The van der Waals surface area contributed by atoms with Gasteiger partial charge in [-0.15, -0.1) is 0 Å². The first-order chi connectivity index (χ1) is 10.2. The van der Waals surface area contributed by atoms with Crippen LogP contribution in [0.15, 0.2) is 48.8 Å². The molecule has 0 radical (unpaired) electrons. The Morgan fingerprint density at radius 1 is 0.952 bits per heavy atom. The molecule has 0 spiro atoms. The van der Waals surface area contributed by atoms with Crippen molar-refractivity contribution in [2.75, 3.05) is 0 Å². The SMILES string of the molecule is NNC(c1c(F)cccc1F)c1cccc2nccnc12. The summed E-state index contributed by atoms with van der Waals surface area (Å²) in [4.78, 5) is 8.41. The number of hydrogen-bond acceptors (Lipinski definition) is 4. The zero-order chi connectivity index (χ0) is 14.8. The van der Waals surface area contributed by atoms with E-state index in [1.165, 1.54) is 24.4 Å². The van der Waals surface area contributed by atoms with Gasteiger partial charge in [-0.2, -0.15) is 0 Å². The van der Waals surface area contributed by atoms with Crippen molar-refractivity contribution in [1.82, 2.24) is 15.4 Å². The molecule has 1 atom stereocenters. The molecule has 0 aliphatic rings. The number of hydrogen-bond donors (Lipinski definition) is 2. The molecule has 3 aromatic rings. The van der Waals surface area contributed by atoms with Crippen LogP contribution in [0.3, 0.4) is 0 Å². The van der Waals surface area contributed by atoms with Crippen molar-refractivity contribution < 1.29 is 8.78 Å². The minimum atomic E-state index is -0.855. The smallest absolute Gasteiger partial charge is 0.131 e. The van der Waals surface area contributed by atoms with Crippen molar-refractivity contribution in [3.05, 3.63) is 71.6 Å². The summed E-state index contributed by atoms with van der Waals surface area (Å²) in [5.41, 5.74) is 4.06. The van der Waals surface area contributed by atoms with Crippen LogP contribution >= 0.6 is 0 Å². The second-order valence-corrected chi connectivity index (χ2v) is 4.51. The maximum absolute atomic E-state index is 14.0. The lowest BCUT2D eigenvalue weighted by molar-refractivity contribution is 0.511. The fraction of sp³-hybridized carbons (Fsp3) is 0.0667. The van der Waals surface area contributed by atoms with Crippen LogP contribution in [-0.4, -0.2) is 9.97 Å². The number of nitrogens with one attached hydrogen (secondary N) is 1. The Hall–Kier alpha value is -2.44. The second kappa shape index (κ2) is 5.51. The molecular weight excluding hydrogens is 274 g/mol. The number of halogens is 2. The number of rotatable bonds is 3. The Kier molecular flexibility index (Phi) is 3.55. The van der Waals surface area contributed by atoms with Gasteiger partial charge in [0, 0.05) is 23.5 Å². The van der Waals surface area contributed by atoms with Crippen LogP contribution in [0.2, 0.25) is 0 Å². The van der Waals surface area contributed by atoms with Gasteiger partial charge in [-0.25, -0.2) is 14.2 Å². The van der Waals surface area contributed by atoms with Gasteiger partial charge in [-0.1, -0.05) is 18.2 Å². The van der Waals surface area contributed by atoms with Gasteiger partial charge in [0.2, 0.25) is 0 Å². The highest BCUT2D eigenvalue weighted by molar-refractivity contribution is 5.78. The minimum absolute atomic E-state index is 0.141. The fourth-order valence-corrected chi connectivity index (χ4v) is 2.36. The van der Waals surface area contributed by atoms with E-state index in [0.717, 1.165) is 0 Å². The summed E-state index contributed by atoms with van der Waals surface area (Å²) in [6.07, 6.45) is 3.08. The molecule has 3 N–H and O–H groups in total. The maximum Gasteiger partial charge on any atom is 0.131 e. The second-order valence-electron chi connectivity index (χ2n) is 4.51. The number of hydrazine groups is 1. The Morgan fingerprint density at radius 2 is 1.62 bits per heavy atom. The molecule has 1 unspecified atom stereocenters. The van der Waals surface area contributed by atoms with E-state index in [1.54, 1.807) is 24.4 Å². The first-order valence-electron chi connectivity index (χ1n) is 6.32. The zero-order valence-corrected chi connectivity index (χ0v) is 10.9. The first kappa shape index (κ1) is 13.5. The molecule has 2 aromatic carbocycles. The van der Waals surface area contributed by atoms with Crippen molar-refractivity contribution in [3.8, 4) is 0 Å². The Bertz CT molecular complexity index is 766. The summed E-state index contributed by atoms with van der Waals surface area (Å²) < 4.78 is 28.0. The fourth-order valence-electron chi connectivity index (χ4n) is 2.36. The van der Waals surface area contributed by atoms with Crippen LogP contribution in [0.5, 0.6) is 0 Å². The minimum Gasteiger partial charge on any atom is -0.271 e. The normalized spacial score (nSPS) is 12.5. The van der Waals surface area contributed by atoms with E-state index in [0.29, 0.717) is 16.6 Å². The van der Waals surface area contributed by atoms with Crippen molar-refractivity contribution in [2.45, 2.75) is 6.04 Å². The molecule has 3 rings (SSSR count). The average Bonchev–Trinajstić information content (AvgIpc) is 2.51. The molecule has 1 heterocycles. The lowest BCUT2D eigenvalue weighted by atomic mass is 9.97. The predicted octanol–water partition coefficient (Wildman–Crippen LogP) is 2.46. The number of nitrogens with zero attached hydrogens (tertiary/aromatic N) is 2. The summed E-state index contributed by atoms with van der Waals surface area (Å²) in [7, 11) is 0. The average molecular weight is 286 g/mol. The third-order valence-electron chi connectivity index (χ3n) is 3.30. The third-order valence-corrected chi connectivity index (χ3v) is 3.30. The van der Waals surface area contributed by atoms with Gasteiger partial charge >= 0.3 is 0 Å². The summed E-state index contributed by atoms with van der Waals surface area (Å²) in [6.45, 7) is 0. The number of benzene rings is 2.